The van der Waals surface area contributed by atoms with E-state index in [1.165, 1.54) is 0 Å². The second-order valence-electron chi connectivity index (χ2n) is 6.52. The van der Waals surface area contributed by atoms with Crippen molar-refractivity contribution in [3.05, 3.63) is 54.1 Å². The Hall–Kier alpha value is -3.55. The molecule has 0 bridgehead atoms. The lowest BCUT2D eigenvalue weighted by Crippen LogP contribution is -2.34. The van der Waals surface area contributed by atoms with Gasteiger partial charge in [0.15, 0.2) is 11.5 Å². The molecule has 0 aromatic heterocycles. The van der Waals surface area contributed by atoms with Gasteiger partial charge in [0.05, 0.1) is 13.0 Å². The van der Waals surface area contributed by atoms with E-state index in [0.29, 0.717) is 30.4 Å². The molecule has 2 aliphatic heterocycles. The Morgan fingerprint density at radius 2 is 1.82 bits per heavy atom. The third-order valence-electron chi connectivity index (χ3n) is 4.51. The van der Waals surface area contributed by atoms with Crippen molar-refractivity contribution in [3.8, 4) is 11.5 Å². The molecule has 1 fully saturated rings. The number of nitrogens with zero attached hydrogens (tertiary/aromatic N) is 1. The lowest BCUT2D eigenvalue weighted by atomic mass is 10.1. The monoisotopic (exact) mass is 381 g/mol. The summed E-state index contributed by atoms with van der Waals surface area (Å²) in [5.74, 6) is 0.394. The van der Waals surface area contributed by atoms with Crippen LogP contribution in [0.4, 0.5) is 10.5 Å². The van der Waals surface area contributed by atoms with Crippen molar-refractivity contribution in [2.45, 2.75) is 19.0 Å². The first-order chi connectivity index (χ1) is 13.6. The first-order valence-electron chi connectivity index (χ1n) is 8.95. The Labute approximate surface area is 161 Å². The Kier molecular flexibility index (Phi) is 4.84. The summed E-state index contributed by atoms with van der Waals surface area (Å²) in [6.45, 7) is 1.11. The summed E-state index contributed by atoms with van der Waals surface area (Å²) in [5, 5.41) is 5.29. The van der Waals surface area contributed by atoms with Crippen molar-refractivity contribution in [1.82, 2.24) is 10.2 Å². The van der Waals surface area contributed by atoms with Crippen LogP contribution in [0.15, 0.2) is 48.5 Å². The Balaban J connectivity index is 1.37. The van der Waals surface area contributed by atoms with Crippen LogP contribution >= 0.6 is 0 Å². The number of amides is 4. The van der Waals surface area contributed by atoms with Gasteiger partial charge in [0.1, 0.15) is 19.3 Å². The molecule has 8 nitrogen and oxygen atoms in total. The number of nitrogens with one attached hydrogen (secondary N) is 2. The predicted molar refractivity (Wildman–Crippen MR) is 100.0 cm³/mol. The molecule has 4 rings (SSSR count). The third-order valence-corrected chi connectivity index (χ3v) is 4.51. The van der Waals surface area contributed by atoms with Gasteiger partial charge in [0, 0.05) is 11.8 Å². The summed E-state index contributed by atoms with van der Waals surface area (Å²) in [4.78, 5) is 38.1. The summed E-state index contributed by atoms with van der Waals surface area (Å²) < 4.78 is 10.9. The number of carbonyl (C=O) groups is 3. The van der Waals surface area contributed by atoms with E-state index in [1.807, 2.05) is 30.3 Å². The topological polar surface area (TPSA) is 97.0 Å². The van der Waals surface area contributed by atoms with E-state index in [1.54, 1.807) is 18.2 Å². The molecular formula is C20H19N3O5. The summed E-state index contributed by atoms with van der Waals surface area (Å²) >= 11 is 0. The summed E-state index contributed by atoms with van der Waals surface area (Å²) in [6.07, 6.45) is -0.149. The largest absolute Gasteiger partial charge is 0.486 e. The normalized spacial score (nSPS) is 18.0. The Morgan fingerprint density at radius 1 is 1.07 bits per heavy atom. The zero-order valence-corrected chi connectivity index (χ0v) is 15.0. The molecule has 8 heteroatoms. The number of urea groups is 1. The second kappa shape index (κ2) is 7.59. The van der Waals surface area contributed by atoms with Gasteiger partial charge in [-0.25, -0.2) is 4.79 Å². The minimum atomic E-state index is -0.881. The fraction of sp³-hybridized carbons (Fsp3) is 0.250. The van der Waals surface area contributed by atoms with Crippen LogP contribution in [0.3, 0.4) is 0 Å². The van der Waals surface area contributed by atoms with Crippen molar-refractivity contribution < 1.29 is 23.9 Å². The molecule has 28 heavy (non-hydrogen) atoms. The van der Waals surface area contributed by atoms with Crippen molar-refractivity contribution >= 4 is 23.5 Å². The number of carbonyl (C=O) groups excluding carboxylic acids is 3. The summed E-state index contributed by atoms with van der Waals surface area (Å²) in [5.41, 5.74) is 1.37. The van der Waals surface area contributed by atoms with Gasteiger partial charge in [-0.1, -0.05) is 30.3 Å². The number of ether oxygens (including phenoxy) is 2. The SMILES string of the molecule is O=C(C[C@@H]1NC(=O)N(Cc2ccccc2)C1=O)Nc1ccc2c(c1)OCCO2. The number of hydrogen-bond acceptors (Lipinski definition) is 5. The Bertz CT molecular complexity index is 915. The Morgan fingerprint density at radius 3 is 2.61 bits per heavy atom. The van der Waals surface area contributed by atoms with Crippen molar-refractivity contribution in [2.75, 3.05) is 18.5 Å². The fourth-order valence-corrected chi connectivity index (χ4v) is 3.15. The van der Waals surface area contributed by atoms with E-state index in [-0.39, 0.29) is 18.9 Å². The van der Waals surface area contributed by atoms with Gasteiger partial charge < -0.3 is 20.1 Å². The zero-order valence-electron chi connectivity index (χ0n) is 15.0. The highest BCUT2D eigenvalue weighted by molar-refractivity contribution is 6.06. The maximum Gasteiger partial charge on any atom is 0.325 e. The van der Waals surface area contributed by atoms with E-state index in [0.717, 1.165) is 10.5 Å². The molecule has 144 valence electrons. The average Bonchev–Trinajstić information content (AvgIpc) is 2.96. The van der Waals surface area contributed by atoms with Gasteiger partial charge in [-0.3, -0.25) is 14.5 Å². The molecule has 2 heterocycles. The molecule has 0 aliphatic carbocycles. The van der Waals surface area contributed by atoms with Gasteiger partial charge in [-0.15, -0.1) is 0 Å². The van der Waals surface area contributed by atoms with Gasteiger partial charge in [-0.05, 0) is 17.7 Å². The van der Waals surface area contributed by atoms with Crippen LogP contribution in [0.5, 0.6) is 11.5 Å². The first-order valence-corrected chi connectivity index (χ1v) is 8.95. The fourth-order valence-electron chi connectivity index (χ4n) is 3.15. The van der Waals surface area contributed by atoms with Crippen LogP contribution in [-0.2, 0) is 16.1 Å². The molecule has 2 aromatic carbocycles. The molecule has 1 saturated heterocycles. The lowest BCUT2D eigenvalue weighted by molar-refractivity contribution is -0.130. The number of fused-ring (bicyclic) bond motifs is 1. The molecular weight excluding hydrogens is 362 g/mol. The van der Waals surface area contributed by atoms with E-state index < -0.39 is 18.0 Å². The van der Waals surface area contributed by atoms with Gasteiger partial charge in [0.2, 0.25) is 5.91 Å². The summed E-state index contributed by atoms with van der Waals surface area (Å²) in [7, 11) is 0. The minimum Gasteiger partial charge on any atom is -0.486 e. The maximum absolute atomic E-state index is 12.5. The molecule has 4 amide bonds. The molecule has 0 spiro atoms. The summed E-state index contributed by atoms with van der Waals surface area (Å²) in [6, 6.07) is 12.9. The van der Waals surface area contributed by atoms with Crippen LogP contribution in [0, 0.1) is 0 Å². The van der Waals surface area contributed by atoms with Crippen LogP contribution in [0.25, 0.3) is 0 Å². The van der Waals surface area contributed by atoms with Crippen LogP contribution in [-0.4, -0.2) is 42.0 Å². The van der Waals surface area contributed by atoms with E-state index in [4.69, 9.17) is 9.47 Å². The van der Waals surface area contributed by atoms with Gasteiger partial charge in [-0.2, -0.15) is 0 Å². The van der Waals surface area contributed by atoms with Crippen molar-refractivity contribution in [1.29, 1.82) is 0 Å². The van der Waals surface area contributed by atoms with E-state index in [2.05, 4.69) is 10.6 Å². The highest BCUT2D eigenvalue weighted by Gasteiger charge is 2.39. The first kappa shape index (κ1) is 17.8. The number of rotatable bonds is 5. The molecule has 1 atom stereocenters. The average molecular weight is 381 g/mol. The number of anilines is 1. The highest BCUT2D eigenvalue weighted by Crippen LogP contribution is 2.32. The maximum atomic E-state index is 12.5. The molecule has 0 unspecified atom stereocenters. The smallest absolute Gasteiger partial charge is 0.325 e. The molecule has 2 aliphatic rings. The number of hydrogen-bond donors (Lipinski definition) is 2. The van der Waals surface area contributed by atoms with E-state index >= 15 is 0 Å². The molecule has 0 saturated carbocycles. The predicted octanol–water partition coefficient (Wildman–Crippen LogP) is 1.91. The van der Waals surface area contributed by atoms with Gasteiger partial charge in [0.25, 0.3) is 5.91 Å². The lowest BCUT2D eigenvalue weighted by Gasteiger charge is -2.19. The minimum absolute atomic E-state index is 0.149. The van der Waals surface area contributed by atoms with Crippen molar-refractivity contribution in [2.24, 2.45) is 0 Å². The number of imide groups is 1. The standard InChI is InChI=1S/C20H19N3O5/c24-18(21-14-6-7-16-17(10-14)28-9-8-27-16)11-15-19(25)23(20(26)22-15)12-13-4-2-1-3-5-13/h1-7,10,15H,8-9,11-12H2,(H,21,24)(H,22,26)/t15-/m0/s1. The second-order valence-corrected chi connectivity index (χ2v) is 6.52. The third kappa shape index (κ3) is 3.75. The van der Waals surface area contributed by atoms with Crippen molar-refractivity contribution in [3.63, 3.8) is 0 Å². The van der Waals surface area contributed by atoms with Crippen LogP contribution in [0.1, 0.15) is 12.0 Å². The number of benzene rings is 2. The molecule has 2 N–H and O–H groups in total. The van der Waals surface area contributed by atoms with Crippen LogP contribution in [0.2, 0.25) is 0 Å². The molecule has 2 aromatic rings. The quantitative estimate of drug-likeness (QED) is 0.771. The van der Waals surface area contributed by atoms with Gasteiger partial charge >= 0.3 is 6.03 Å². The van der Waals surface area contributed by atoms with Crippen LogP contribution < -0.4 is 20.1 Å². The molecule has 0 radical (unpaired) electrons. The highest BCUT2D eigenvalue weighted by atomic mass is 16.6. The zero-order chi connectivity index (χ0) is 19.5. The van der Waals surface area contributed by atoms with E-state index in [9.17, 15) is 14.4 Å².